The Hall–Kier alpha value is -3.53. The second kappa shape index (κ2) is 7.57. The van der Waals surface area contributed by atoms with Gasteiger partial charge in [-0.3, -0.25) is 9.69 Å². The summed E-state index contributed by atoms with van der Waals surface area (Å²) in [6.45, 7) is 2.59. The van der Waals surface area contributed by atoms with E-state index in [0.717, 1.165) is 5.69 Å². The number of rotatable bonds is 5. The summed E-state index contributed by atoms with van der Waals surface area (Å²) in [5.74, 6) is 1.00. The monoisotopic (exact) mass is 350 g/mol. The number of amides is 3. The molecule has 7 heteroatoms. The first-order chi connectivity index (χ1) is 12.6. The van der Waals surface area contributed by atoms with Crippen LogP contribution in [0.2, 0.25) is 0 Å². The smallest absolute Gasteiger partial charge is 0.324 e. The maximum absolute atomic E-state index is 12.3. The Labute approximate surface area is 151 Å². The number of urea groups is 1. The summed E-state index contributed by atoms with van der Waals surface area (Å²) < 4.78 is 5.72. The average molecular weight is 350 g/mol. The van der Waals surface area contributed by atoms with Crippen LogP contribution < -0.4 is 15.4 Å². The zero-order valence-corrected chi connectivity index (χ0v) is 14.2. The van der Waals surface area contributed by atoms with Crippen molar-refractivity contribution < 1.29 is 14.3 Å². The number of nitrogens with zero attached hydrogens (tertiary/aromatic N) is 2. The van der Waals surface area contributed by atoms with Crippen LogP contribution in [0.3, 0.4) is 0 Å². The number of carbonyl (C=O) groups is 2. The number of imide groups is 1. The molecule has 0 aliphatic carbocycles. The Morgan fingerprint density at radius 2 is 1.81 bits per heavy atom. The van der Waals surface area contributed by atoms with E-state index in [2.05, 4.69) is 16.7 Å². The zero-order chi connectivity index (χ0) is 18.5. The van der Waals surface area contributed by atoms with Crippen LogP contribution in [0.15, 0.2) is 48.5 Å². The summed E-state index contributed by atoms with van der Waals surface area (Å²) >= 11 is 0. The molecule has 26 heavy (non-hydrogen) atoms. The van der Waals surface area contributed by atoms with Crippen molar-refractivity contribution in [2.45, 2.75) is 13.0 Å². The van der Waals surface area contributed by atoms with Crippen molar-refractivity contribution in [1.82, 2.24) is 10.2 Å². The first-order valence-corrected chi connectivity index (χ1v) is 8.20. The average Bonchev–Trinajstić information content (AvgIpc) is 3.09. The van der Waals surface area contributed by atoms with Crippen molar-refractivity contribution in [2.75, 3.05) is 18.4 Å². The van der Waals surface area contributed by atoms with E-state index in [-0.39, 0.29) is 11.9 Å². The number of benzene rings is 2. The molecule has 0 aromatic heterocycles. The van der Waals surface area contributed by atoms with Crippen LogP contribution in [0, 0.1) is 11.3 Å². The summed E-state index contributed by atoms with van der Waals surface area (Å²) in [6, 6.07) is 15.2. The number of ether oxygens (including phenoxy) is 1. The maximum atomic E-state index is 12.3. The molecule has 7 nitrogen and oxygen atoms in total. The second-order valence-electron chi connectivity index (χ2n) is 5.85. The first-order valence-electron chi connectivity index (χ1n) is 8.20. The van der Waals surface area contributed by atoms with Gasteiger partial charge in [-0.25, -0.2) is 4.79 Å². The van der Waals surface area contributed by atoms with Crippen molar-refractivity contribution in [3.05, 3.63) is 54.1 Å². The number of carbonyl (C=O) groups excluding carboxylic acids is 2. The van der Waals surface area contributed by atoms with Gasteiger partial charge < -0.3 is 15.4 Å². The van der Waals surface area contributed by atoms with Gasteiger partial charge in [-0.1, -0.05) is 0 Å². The fraction of sp³-hybridized carbons (Fsp3) is 0.211. The van der Waals surface area contributed by atoms with Gasteiger partial charge >= 0.3 is 6.03 Å². The van der Waals surface area contributed by atoms with Crippen LogP contribution in [-0.2, 0) is 4.79 Å². The zero-order valence-electron chi connectivity index (χ0n) is 14.2. The standard InChI is InChI=1S/C19H18N4O3/c1-13(18(24)23-11-10-21-19(23)25)22-15-4-8-17(9-5-15)26-16-6-2-14(12-20)3-7-16/h2-9,13,22H,10-11H2,1H3,(H,21,25). The lowest BCUT2D eigenvalue weighted by Crippen LogP contribution is -2.43. The van der Waals surface area contributed by atoms with E-state index in [1.165, 1.54) is 4.90 Å². The Kier molecular flexibility index (Phi) is 5.04. The van der Waals surface area contributed by atoms with Gasteiger partial charge in [-0.2, -0.15) is 5.26 Å². The third kappa shape index (κ3) is 3.92. The molecule has 0 bridgehead atoms. The number of anilines is 1. The molecule has 0 radical (unpaired) electrons. The molecule has 2 aromatic rings. The van der Waals surface area contributed by atoms with Gasteiger partial charge in [-0.15, -0.1) is 0 Å². The minimum Gasteiger partial charge on any atom is -0.457 e. The van der Waals surface area contributed by atoms with E-state index in [0.29, 0.717) is 30.2 Å². The van der Waals surface area contributed by atoms with Crippen LogP contribution in [0.5, 0.6) is 11.5 Å². The molecule has 1 aliphatic rings. The molecular weight excluding hydrogens is 332 g/mol. The summed E-state index contributed by atoms with van der Waals surface area (Å²) in [5.41, 5.74) is 1.32. The minimum atomic E-state index is -0.524. The van der Waals surface area contributed by atoms with Crippen LogP contribution in [0.4, 0.5) is 10.5 Å². The third-order valence-electron chi connectivity index (χ3n) is 3.95. The Bertz CT molecular complexity index is 841. The number of nitrogens with one attached hydrogen (secondary N) is 2. The van der Waals surface area contributed by atoms with Crippen molar-refractivity contribution >= 4 is 17.6 Å². The summed E-state index contributed by atoms with van der Waals surface area (Å²) in [4.78, 5) is 25.0. The normalized spacial score (nSPS) is 14.3. The van der Waals surface area contributed by atoms with Gasteiger partial charge in [0.1, 0.15) is 17.5 Å². The molecule has 2 N–H and O–H groups in total. The molecule has 1 aliphatic heterocycles. The summed E-state index contributed by atoms with van der Waals surface area (Å²) in [5, 5.41) is 14.5. The van der Waals surface area contributed by atoms with Gasteiger partial charge in [0, 0.05) is 18.8 Å². The third-order valence-corrected chi connectivity index (χ3v) is 3.95. The van der Waals surface area contributed by atoms with E-state index in [9.17, 15) is 9.59 Å². The van der Waals surface area contributed by atoms with Crippen LogP contribution in [0.1, 0.15) is 12.5 Å². The maximum Gasteiger partial charge on any atom is 0.324 e. The van der Waals surface area contributed by atoms with E-state index >= 15 is 0 Å². The van der Waals surface area contributed by atoms with E-state index < -0.39 is 6.04 Å². The van der Waals surface area contributed by atoms with Crippen molar-refractivity contribution in [3.63, 3.8) is 0 Å². The SMILES string of the molecule is CC(Nc1ccc(Oc2ccc(C#N)cc2)cc1)C(=O)N1CCNC1=O. The molecule has 3 rings (SSSR count). The van der Waals surface area contributed by atoms with Crippen molar-refractivity contribution in [1.29, 1.82) is 5.26 Å². The van der Waals surface area contributed by atoms with Gasteiger partial charge in [0.05, 0.1) is 11.6 Å². The molecule has 1 saturated heterocycles. The molecule has 0 saturated carbocycles. The lowest BCUT2D eigenvalue weighted by molar-refractivity contribution is -0.128. The highest BCUT2D eigenvalue weighted by molar-refractivity contribution is 5.99. The first kappa shape index (κ1) is 17.3. The number of hydrogen-bond acceptors (Lipinski definition) is 5. The summed E-state index contributed by atoms with van der Waals surface area (Å²) in [6.07, 6.45) is 0. The Morgan fingerprint density at radius 3 is 2.35 bits per heavy atom. The van der Waals surface area contributed by atoms with E-state index in [4.69, 9.17) is 10.00 Å². The predicted molar refractivity (Wildman–Crippen MR) is 95.9 cm³/mol. The molecule has 1 unspecified atom stereocenters. The molecule has 1 atom stereocenters. The molecule has 0 spiro atoms. The topological polar surface area (TPSA) is 94.5 Å². The van der Waals surface area contributed by atoms with Crippen LogP contribution >= 0.6 is 0 Å². The lowest BCUT2D eigenvalue weighted by Gasteiger charge is -2.19. The van der Waals surface area contributed by atoms with Gasteiger partial charge in [-0.05, 0) is 55.5 Å². The quantitative estimate of drug-likeness (QED) is 0.864. The highest BCUT2D eigenvalue weighted by Gasteiger charge is 2.29. The Morgan fingerprint density at radius 1 is 1.19 bits per heavy atom. The molecule has 3 amide bonds. The highest BCUT2D eigenvalue weighted by Crippen LogP contribution is 2.23. The fourth-order valence-corrected chi connectivity index (χ4v) is 2.58. The molecular formula is C19H18N4O3. The minimum absolute atomic E-state index is 0.266. The van der Waals surface area contributed by atoms with E-state index in [1.807, 2.05) is 0 Å². The van der Waals surface area contributed by atoms with Crippen LogP contribution in [-0.4, -0.2) is 36.0 Å². The van der Waals surface area contributed by atoms with Gasteiger partial charge in [0.15, 0.2) is 0 Å². The Balaban J connectivity index is 1.59. The fourth-order valence-electron chi connectivity index (χ4n) is 2.58. The highest BCUT2D eigenvalue weighted by atomic mass is 16.5. The van der Waals surface area contributed by atoms with Gasteiger partial charge in [0.25, 0.3) is 5.91 Å². The van der Waals surface area contributed by atoms with Crippen LogP contribution in [0.25, 0.3) is 0 Å². The van der Waals surface area contributed by atoms with Crippen molar-refractivity contribution in [2.24, 2.45) is 0 Å². The molecule has 132 valence electrons. The lowest BCUT2D eigenvalue weighted by atomic mass is 10.2. The molecule has 1 fully saturated rings. The second-order valence-corrected chi connectivity index (χ2v) is 5.85. The van der Waals surface area contributed by atoms with Crippen molar-refractivity contribution in [3.8, 4) is 17.6 Å². The summed E-state index contributed by atoms with van der Waals surface area (Å²) in [7, 11) is 0. The van der Waals surface area contributed by atoms with Gasteiger partial charge in [0.2, 0.25) is 0 Å². The predicted octanol–water partition coefficient (Wildman–Crippen LogP) is 2.70. The number of hydrogen-bond donors (Lipinski definition) is 2. The molecule has 1 heterocycles. The molecule has 2 aromatic carbocycles. The van der Waals surface area contributed by atoms with E-state index in [1.54, 1.807) is 55.5 Å². The number of nitriles is 1. The largest absolute Gasteiger partial charge is 0.457 e.